The van der Waals surface area contributed by atoms with Crippen molar-refractivity contribution < 1.29 is 32.4 Å². The van der Waals surface area contributed by atoms with Crippen LogP contribution in [0.3, 0.4) is 0 Å². The second-order valence-electron chi connectivity index (χ2n) is 9.91. The van der Waals surface area contributed by atoms with Crippen molar-refractivity contribution in [2.24, 2.45) is 0 Å². The van der Waals surface area contributed by atoms with Crippen molar-refractivity contribution in [3.8, 4) is 11.6 Å². The molecule has 0 aliphatic heterocycles. The molecule has 3 rings (SSSR count). The van der Waals surface area contributed by atoms with Gasteiger partial charge in [-0.3, -0.25) is 14.9 Å². The molecule has 14 heteroatoms. The maximum absolute atomic E-state index is 13.1. The lowest BCUT2D eigenvalue weighted by Crippen LogP contribution is -2.30. The van der Waals surface area contributed by atoms with Crippen molar-refractivity contribution in [2.45, 2.75) is 58.5 Å². The van der Waals surface area contributed by atoms with Gasteiger partial charge < -0.3 is 19.4 Å². The van der Waals surface area contributed by atoms with Crippen molar-refractivity contribution in [1.82, 2.24) is 19.9 Å². The maximum Gasteiger partial charge on any atom is 0.423 e. The Hall–Kier alpha value is -3.52. The summed E-state index contributed by atoms with van der Waals surface area (Å²) in [7, 11) is -1.30. The van der Waals surface area contributed by atoms with E-state index >= 15 is 0 Å². The third-order valence-corrected chi connectivity index (χ3v) is 6.83. The van der Waals surface area contributed by atoms with E-state index < -0.39 is 36.3 Å². The molecule has 0 saturated heterocycles. The number of benzene rings is 1. The summed E-state index contributed by atoms with van der Waals surface area (Å²) in [5.41, 5.74) is -1.82. The fourth-order valence-electron chi connectivity index (χ4n) is 3.32. The summed E-state index contributed by atoms with van der Waals surface area (Å²) in [6, 6.07) is 2.98. The van der Waals surface area contributed by atoms with Crippen molar-refractivity contribution in [2.75, 3.05) is 6.61 Å². The molecule has 1 amide bonds. The number of carbonyl (C=O) groups is 1. The van der Waals surface area contributed by atoms with E-state index in [0.29, 0.717) is 24.4 Å². The first kappa shape index (κ1) is 28.1. The minimum Gasteiger partial charge on any atom is -0.437 e. The molecule has 0 atom stereocenters. The lowest BCUT2D eigenvalue weighted by Gasteiger charge is -2.15. The van der Waals surface area contributed by atoms with Crippen LogP contribution in [0.4, 0.5) is 18.9 Å². The summed E-state index contributed by atoms with van der Waals surface area (Å²) in [5.74, 6) is -0.800. The summed E-state index contributed by atoms with van der Waals surface area (Å²) in [6.45, 7) is 11.0. The number of nitro benzene ring substituents is 1. The highest BCUT2D eigenvalue weighted by Crippen LogP contribution is 2.38. The van der Waals surface area contributed by atoms with Crippen LogP contribution in [0.1, 0.15) is 29.8 Å². The van der Waals surface area contributed by atoms with Gasteiger partial charge in [0.05, 0.1) is 22.7 Å². The Morgan fingerprint density at radius 1 is 1.27 bits per heavy atom. The Kier molecular flexibility index (Phi) is 8.22. The molecule has 0 unspecified atom stereocenters. The molecule has 3 aromatic rings. The summed E-state index contributed by atoms with van der Waals surface area (Å²) in [5, 5.41) is 14.0. The Morgan fingerprint density at radius 3 is 2.57 bits per heavy atom. The maximum atomic E-state index is 13.1. The highest BCUT2D eigenvalue weighted by atomic mass is 28.3. The van der Waals surface area contributed by atoms with Gasteiger partial charge >= 0.3 is 6.18 Å². The molecule has 2 aromatic heterocycles. The number of nitro groups is 1. The van der Waals surface area contributed by atoms with Crippen LogP contribution in [0.5, 0.6) is 11.6 Å². The SMILES string of the molecule is CC(C)NC(=O)c1cn(COCC[Si](C)(C)C)c2ncc(Oc3ccc(C(F)(F)F)c([N+](=O)[O-])c3)nc12. The minimum absolute atomic E-state index is 0.135. The lowest BCUT2D eigenvalue weighted by atomic mass is 10.1. The Bertz CT molecular complexity index is 1300. The van der Waals surface area contributed by atoms with Gasteiger partial charge in [0.2, 0.25) is 5.88 Å². The van der Waals surface area contributed by atoms with Crippen LogP contribution in [0, 0.1) is 10.1 Å². The van der Waals surface area contributed by atoms with E-state index in [2.05, 4.69) is 34.9 Å². The fraction of sp³-hybridized carbons (Fsp3) is 0.435. The van der Waals surface area contributed by atoms with Crippen LogP contribution in [-0.4, -0.2) is 46.1 Å². The summed E-state index contributed by atoms with van der Waals surface area (Å²) in [4.78, 5) is 31.5. The Balaban J connectivity index is 1.94. The molecular weight excluding hydrogens is 511 g/mol. The number of fused-ring (bicyclic) bond motifs is 1. The van der Waals surface area contributed by atoms with Crippen molar-refractivity contribution in [3.05, 3.63) is 51.8 Å². The first-order valence-electron chi connectivity index (χ1n) is 11.4. The monoisotopic (exact) mass is 539 g/mol. The molecule has 200 valence electrons. The molecule has 0 radical (unpaired) electrons. The molecular formula is C23H28F3N5O5Si. The van der Waals surface area contributed by atoms with Gasteiger partial charge in [-0.1, -0.05) is 19.6 Å². The van der Waals surface area contributed by atoms with Gasteiger partial charge in [0.1, 0.15) is 23.6 Å². The number of hydrogen-bond donors (Lipinski definition) is 1. The third-order valence-electron chi connectivity index (χ3n) is 5.13. The van der Waals surface area contributed by atoms with E-state index in [1.54, 1.807) is 24.6 Å². The topological polar surface area (TPSA) is 121 Å². The molecule has 0 spiro atoms. The van der Waals surface area contributed by atoms with Gasteiger partial charge in [-0.05, 0) is 32.0 Å². The lowest BCUT2D eigenvalue weighted by molar-refractivity contribution is -0.388. The molecule has 0 aliphatic carbocycles. The number of nitrogens with zero attached hydrogens (tertiary/aromatic N) is 4. The highest BCUT2D eigenvalue weighted by molar-refractivity contribution is 6.76. The number of rotatable bonds is 10. The standard InChI is InChI=1S/C23H28F3N5O5Si/c1-14(2)28-22(32)16-12-30(13-35-8-9-37(3,4)5)21-20(16)29-19(11-27-21)36-15-6-7-17(23(24,25)26)18(10-15)31(33)34/h6-7,10-12,14H,8-9,13H2,1-5H3,(H,28,32). The van der Waals surface area contributed by atoms with Crippen LogP contribution in [-0.2, 0) is 17.6 Å². The molecule has 2 heterocycles. The van der Waals surface area contributed by atoms with Gasteiger partial charge in [-0.15, -0.1) is 0 Å². The zero-order valence-corrected chi connectivity index (χ0v) is 22.0. The van der Waals surface area contributed by atoms with Gasteiger partial charge in [-0.2, -0.15) is 13.2 Å². The number of nitrogens with one attached hydrogen (secondary N) is 1. The van der Waals surface area contributed by atoms with Crippen LogP contribution < -0.4 is 10.1 Å². The minimum atomic E-state index is -4.90. The normalized spacial score (nSPS) is 12.2. The number of amides is 1. The van der Waals surface area contributed by atoms with Gasteiger partial charge in [0.25, 0.3) is 11.6 Å². The molecule has 0 aliphatic rings. The van der Waals surface area contributed by atoms with Crippen LogP contribution in [0.15, 0.2) is 30.6 Å². The van der Waals surface area contributed by atoms with Crippen LogP contribution in [0.2, 0.25) is 25.7 Å². The van der Waals surface area contributed by atoms with E-state index in [-0.39, 0.29) is 35.5 Å². The van der Waals surface area contributed by atoms with Crippen molar-refractivity contribution in [3.63, 3.8) is 0 Å². The Morgan fingerprint density at radius 2 is 1.97 bits per heavy atom. The molecule has 0 fully saturated rings. The number of halogens is 3. The van der Waals surface area contributed by atoms with E-state index in [4.69, 9.17) is 9.47 Å². The van der Waals surface area contributed by atoms with Gasteiger partial charge in [0.15, 0.2) is 5.65 Å². The van der Waals surface area contributed by atoms with Crippen molar-refractivity contribution >= 4 is 30.8 Å². The second-order valence-corrected chi connectivity index (χ2v) is 15.5. The fourth-order valence-corrected chi connectivity index (χ4v) is 4.07. The van der Waals surface area contributed by atoms with Gasteiger partial charge in [0, 0.05) is 26.9 Å². The number of ether oxygens (including phenoxy) is 2. The van der Waals surface area contributed by atoms with Crippen LogP contribution >= 0.6 is 0 Å². The van der Waals surface area contributed by atoms with E-state index in [0.717, 1.165) is 12.1 Å². The number of carbonyl (C=O) groups excluding carboxylic acids is 1. The first-order chi connectivity index (χ1) is 17.2. The zero-order chi connectivity index (χ0) is 27.5. The largest absolute Gasteiger partial charge is 0.437 e. The summed E-state index contributed by atoms with van der Waals surface area (Å²) < 4.78 is 52.2. The van der Waals surface area contributed by atoms with Gasteiger partial charge in [-0.25, -0.2) is 9.97 Å². The van der Waals surface area contributed by atoms with E-state index in [1.165, 1.54) is 6.20 Å². The average molecular weight is 540 g/mol. The molecule has 1 aromatic carbocycles. The average Bonchev–Trinajstić information content (AvgIpc) is 3.13. The number of aromatic nitrogens is 3. The first-order valence-corrected chi connectivity index (χ1v) is 15.1. The quantitative estimate of drug-likeness (QED) is 0.154. The molecule has 0 bridgehead atoms. The predicted octanol–water partition coefficient (Wildman–Crippen LogP) is 5.60. The molecule has 0 saturated carbocycles. The number of alkyl halides is 3. The predicted molar refractivity (Wildman–Crippen MR) is 132 cm³/mol. The van der Waals surface area contributed by atoms with Crippen molar-refractivity contribution in [1.29, 1.82) is 0 Å². The van der Waals surface area contributed by atoms with E-state index in [9.17, 15) is 28.1 Å². The second kappa shape index (κ2) is 10.8. The van der Waals surface area contributed by atoms with E-state index in [1.807, 2.05) is 0 Å². The summed E-state index contributed by atoms with van der Waals surface area (Å²) in [6.07, 6.45) is -2.13. The third kappa shape index (κ3) is 7.26. The van der Waals surface area contributed by atoms with Crippen LogP contribution in [0.25, 0.3) is 11.2 Å². The molecule has 37 heavy (non-hydrogen) atoms. The highest BCUT2D eigenvalue weighted by Gasteiger charge is 2.38. The summed E-state index contributed by atoms with van der Waals surface area (Å²) >= 11 is 0. The smallest absolute Gasteiger partial charge is 0.423 e. The molecule has 1 N–H and O–H groups in total. The zero-order valence-electron chi connectivity index (χ0n) is 21.0. The Labute approximate surface area is 212 Å². The molecule has 10 nitrogen and oxygen atoms in total. The number of hydrogen-bond acceptors (Lipinski definition) is 7.